The molecule has 5 nitrogen and oxygen atoms in total. The number of H-pyrrole nitrogens is 1. The molecule has 0 unspecified atom stereocenters. The van der Waals surface area contributed by atoms with Crippen molar-refractivity contribution in [2.24, 2.45) is 5.73 Å². The van der Waals surface area contributed by atoms with Crippen molar-refractivity contribution in [3.8, 4) is 11.5 Å². The van der Waals surface area contributed by atoms with Gasteiger partial charge in [0, 0.05) is 5.69 Å². The maximum Gasteiger partial charge on any atom is 0.250 e. The fourth-order valence-corrected chi connectivity index (χ4v) is 2.03. The van der Waals surface area contributed by atoms with E-state index >= 15 is 0 Å². The van der Waals surface area contributed by atoms with E-state index in [2.05, 4.69) is 15.0 Å². The Bertz CT molecular complexity index is 776. The normalized spacial score (nSPS) is 10.8. The van der Waals surface area contributed by atoms with Crippen LogP contribution in [0.5, 0.6) is 0 Å². The fraction of sp³-hybridized carbons (Fsp3) is 0.0714. The van der Waals surface area contributed by atoms with E-state index in [0.717, 1.165) is 16.9 Å². The molecular formula is C14H12N4O. The van der Waals surface area contributed by atoms with Crippen LogP contribution < -0.4 is 5.73 Å². The van der Waals surface area contributed by atoms with Gasteiger partial charge < -0.3 is 10.7 Å². The molecule has 0 bridgehead atoms. The van der Waals surface area contributed by atoms with E-state index in [-0.39, 0.29) is 0 Å². The largest absolute Gasteiger partial charge is 0.366 e. The van der Waals surface area contributed by atoms with Crippen LogP contribution in [0.25, 0.3) is 22.6 Å². The minimum absolute atomic E-state index is 0.410. The first kappa shape index (κ1) is 11.4. The smallest absolute Gasteiger partial charge is 0.250 e. The zero-order chi connectivity index (χ0) is 13.4. The van der Waals surface area contributed by atoms with Crippen LogP contribution >= 0.6 is 0 Å². The molecule has 19 heavy (non-hydrogen) atoms. The van der Waals surface area contributed by atoms with Crippen molar-refractivity contribution in [3.63, 3.8) is 0 Å². The first-order valence-corrected chi connectivity index (χ1v) is 5.88. The van der Waals surface area contributed by atoms with Crippen molar-refractivity contribution in [1.29, 1.82) is 0 Å². The number of aryl methyl sites for hydroxylation is 1. The molecule has 2 heterocycles. The van der Waals surface area contributed by atoms with E-state index < -0.39 is 5.91 Å². The first-order chi connectivity index (χ1) is 9.15. The van der Waals surface area contributed by atoms with Crippen LogP contribution in [0, 0.1) is 6.92 Å². The standard InChI is InChI=1S/C14H12N4O/c1-8-4-2-7-11(16-8)14-17-10-6-3-5-9(13(15)19)12(10)18-14/h2-7H,1H3,(H2,15,19)(H,17,18). The molecule has 0 radical (unpaired) electrons. The Morgan fingerprint density at radius 3 is 2.68 bits per heavy atom. The number of nitrogens with two attached hydrogens (primary N) is 1. The summed E-state index contributed by atoms with van der Waals surface area (Å²) in [6.45, 7) is 1.92. The molecular weight excluding hydrogens is 240 g/mol. The predicted octanol–water partition coefficient (Wildman–Crippen LogP) is 2.03. The van der Waals surface area contributed by atoms with E-state index in [1.54, 1.807) is 12.1 Å². The number of pyridine rings is 1. The van der Waals surface area contributed by atoms with Gasteiger partial charge >= 0.3 is 0 Å². The molecule has 0 saturated carbocycles. The number of aromatic amines is 1. The third-order valence-electron chi connectivity index (χ3n) is 2.91. The van der Waals surface area contributed by atoms with Crippen LogP contribution in [0.1, 0.15) is 16.1 Å². The van der Waals surface area contributed by atoms with Crippen molar-refractivity contribution >= 4 is 16.9 Å². The number of hydrogen-bond acceptors (Lipinski definition) is 3. The number of hydrogen-bond donors (Lipinski definition) is 2. The molecule has 0 fully saturated rings. The van der Waals surface area contributed by atoms with Gasteiger partial charge in [-0.2, -0.15) is 0 Å². The van der Waals surface area contributed by atoms with Gasteiger partial charge in [0.1, 0.15) is 11.2 Å². The number of carbonyl (C=O) groups excluding carboxylic acids is 1. The molecule has 0 spiro atoms. The molecule has 0 aliphatic carbocycles. The van der Waals surface area contributed by atoms with E-state index in [1.807, 2.05) is 31.2 Å². The summed E-state index contributed by atoms with van der Waals surface area (Å²) in [5.74, 6) is 0.147. The summed E-state index contributed by atoms with van der Waals surface area (Å²) in [7, 11) is 0. The van der Waals surface area contributed by atoms with E-state index in [4.69, 9.17) is 5.73 Å². The van der Waals surface area contributed by atoms with Crippen molar-refractivity contribution in [2.75, 3.05) is 0 Å². The maximum absolute atomic E-state index is 11.4. The van der Waals surface area contributed by atoms with Crippen LogP contribution in [0.15, 0.2) is 36.4 Å². The molecule has 1 amide bonds. The predicted molar refractivity (Wildman–Crippen MR) is 72.6 cm³/mol. The summed E-state index contributed by atoms with van der Waals surface area (Å²) in [6.07, 6.45) is 0. The number of carbonyl (C=O) groups is 1. The van der Waals surface area contributed by atoms with Crippen molar-refractivity contribution < 1.29 is 4.79 Å². The van der Waals surface area contributed by atoms with Crippen molar-refractivity contribution in [3.05, 3.63) is 47.7 Å². The van der Waals surface area contributed by atoms with E-state index in [9.17, 15) is 4.79 Å². The summed E-state index contributed by atoms with van der Waals surface area (Å²) < 4.78 is 0. The van der Waals surface area contributed by atoms with E-state index in [0.29, 0.717) is 16.9 Å². The van der Waals surface area contributed by atoms with Gasteiger partial charge in [0.25, 0.3) is 5.91 Å². The maximum atomic E-state index is 11.4. The van der Waals surface area contributed by atoms with Gasteiger partial charge in [0.05, 0.1) is 11.1 Å². The molecule has 3 N–H and O–H groups in total. The Kier molecular flexibility index (Phi) is 2.52. The number of nitrogens with one attached hydrogen (secondary N) is 1. The van der Waals surface area contributed by atoms with Crippen molar-refractivity contribution in [1.82, 2.24) is 15.0 Å². The summed E-state index contributed by atoms with van der Waals surface area (Å²) in [4.78, 5) is 23.4. The lowest BCUT2D eigenvalue weighted by molar-refractivity contribution is 0.100. The van der Waals surface area contributed by atoms with Gasteiger partial charge in [-0.15, -0.1) is 0 Å². The molecule has 0 atom stereocenters. The number of amides is 1. The molecule has 94 valence electrons. The van der Waals surface area contributed by atoms with E-state index in [1.165, 1.54) is 0 Å². The van der Waals surface area contributed by atoms with Gasteiger partial charge in [-0.05, 0) is 31.2 Å². The third-order valence-corrected chi connectivity index (χ3v) is 2.91. The number of primary amides is 1. The second-order valence-corrected chi connectivity index (χ2v) is 4.32. The molecule has 0 aliphatic rings. The quantitative estimate of drug-likeness (QED) is 0.731. The summed E-state index contributed by atoms with van der Waals surface area (Å²) >= 11 is 0. The number of aromatic nitrogens is 3. The summed E-state index contributed by atoms with van der Waals surface area (Å²) in [5, 5.41) is 0. The van der Waals surface area contributed by atoms with Gasteiger partial charge in [-0.3, -0.25) is 4.79 Å². The SMILES string of the molecule is Cc1cccc(-c2nc3c(C(N)=O)cccc3[nH]2)n1. The van der Waals surface area contributed by atoms with Crippen LogP contribution in [0.2, 0.25) is 0 Å². The molecule has 3 aromatic rings. The minimum atomic E-state index is -0.485. The highest BCUT2D eigenvalue weighted by Crippen LogP contribution is 2.21. The van der Waals surface area contributed by atoms with Crippen LogP contribution in [0.3, 0.4) is 0 Å². The summed E-state index contributed by atoms with van der Waals surface area (Å²) in [5.41, 5.74) is 8.76. The molecule has 0 saturated heterocycles. The summed E-state index contributed by atoms with van der Waals surface area (Å²) in [6, 6.07) is 11.0. The molecule has 5 heteroatoms. The number of imidazole rings is 1. The van der Waals surface area contributed by atoms with Crippen LogP contribution in [0.4, 0.5) is 0 Å². The van der Waals surface area contributed by atoms with Crippen LogP contribution in [-0.4, -0.2) is 20.9 Å². The van der Waals surface area contributed by atoms with Gasteiger partial charge in [0.15, 0.2) is 5.82 Å². The monoisotopic (exact) mass is 252 g/mol. The van der Waals surface area contributed by atoms with Gasteiger partial charge in [-0.25, -0.2) is 9.97 Å². The Hall–Kier alpha value is -2.69. The number of nitrogens with zero attached hydrogens (tertiary/aromatic N) is 2. The zero-order valence-electron chi connectivity index (χ0n) is 10.3. The highest BCUT2D eigenvalue weighted by molar-refractivity contribution is 6.04. The van der Waals surface area contributed by atoms with Gasteiger partial charge in [-0.1, -0.05) is 12.1 Å². The molecule has 1 aromatic carbocycles. The Morgan fingerprint density at radius 1 is 1.16 bits per heavy atom. The minimum Gasteiger partial charge on any atom is -0.366 e. The molecule has 3 rings (SSSR count). The average molecular weight is 252 g/mol. The lowest BCUT2D eigenvalue weighted by Gasteiger charge is -1.96. The molecule has 0 aliphatic heterocycles. The molecule has 2 aromatic heterocycles. The first-order valence-electron chi connectivity index (χ1n) is 5.88. The highest BCUT2D eigenvalue weighted by Gasteiger charge is 2.12. The topological polar surface area (TPSA) is 84.7 Å². The lowest BCUT2D eigenvalue weighted by atomic mass is 10.2. The fourth-order valence-electron chi connectivity index (χ4n) is 2.03. The van der Waals surface area contributed by atoms with Gasteiger partial charge in [0.2, 0.25) is 0 Å². The average Bonchev–Trinajstić information content (AvgIpc) is 2.82. The lowest BCUT2D eigenvalue weighted by Crippen LogP contribution is -2.11. The number of rotatable bonds is 2. The Balaban J connectivity index is 2.22. The second kappa shape index (κ2) is 4.20. The number of para-hydroxylation sites is 1. The van der Waals surface area contributed by atoms with Crippen molar-refractivity contribution in [2.45, 2.75) is 6.92 Å². The Labute approximate surface area is 109 Å². The Morgan fingerprint density at radius 2 is 1.95 bits per heavy atom. The zero-order valence-corrected chi connectivity index (χ0v) is 10.3. The number of benzene rings is 1. The highest BCUT2D eigenvalue weighted by atomic mass is 16.1. The number of fused-ring (bicyclic) bond motifs is 1. The van der Waals surface area contributed by atoms with Crippen LogP contribution in [-0.2, 0) is 0 Å². The third kappa shape index (κ3) is 1.95. The second-order valence-electron chi connectivity index (χ2n) is 4.32.